The number of sulfone groups is 1. The summed E-state index contributed by atoms with van der Waals surface area (Å²) < 4.78 is 67.5. The van der Waals surface area contributed by atoms with Gasteiger partial charge in [0.15, 0.2) is 16.4 Å². The zero-order chi connectivity index (χ0) is 23.0. The van der Waals surface area contributed by atoms with Crippen LogP contribution in [0.1, 0.15) is 19.3 Å². The third-order valence-electron chi connectivity index (χ3n) is 5.12. The number of halogens is 4. The smallest absolute Gasteiger partial charge is 0.422 e. The van der Waals surface area contributed by atoms with Gasteiger partial charge in [0, 0.05) is 12.6 Å². The third kappa shape index (κ3) is 5.04. The average Bonchev–Trinajstić information content (AvgIpc) is 3.31. The molecule has 0 spiro atoms. The zero-order valence-corrected chi connectivity index (χ0v) is 17.4. The molecule has 0 aromatic heterocycles. The van der Waals surface area contributed by atoms with Crippen LogP contribution in [0.15, 0.2) is 23.1 Å². The molecule has 2 aliphatic rings. The summed E-state index contributed by atoms with van der Waals surface area (Å²) in [5.41, 5.74) is -0.974. The van der Waals surface area contributed by atoms with E-state index in [0.717, 1.165) is 23.1 Å². The molecule has 1 N–H and O–H groups in total. The molecule has 1 saturated carbocycles. The molecule has 2 atom stereocenters. The van der Waals surface area contributed by atoms with Crippen molar-refractivity contribution in [1.29, 1.82) is 5.26 Å². The van der Waals surface area contributed by atoms with Crippen molar-refractivity contribution >= 4 is 33.8 Å². The Balaban J connectivity index is 1.76. The van der Waals surface area contributed by atoms with Crippen molar-refractivity contribution in [3.63, 3.8) is 0 Å². The molecule has 8 nitrogen and oxygen atoms in total. The molecule has 1 aliphatic heterocycles. The van der Waals surface area contributed by atoms with E-state index in [1.54, 1.807) is 0 Å². The molecule has 13 heteroatoms. The lowest BCUT2D eigenvalue weighted by atomic mass is 10.2. The summed E-state index contributed by atoms with van der Waals surface area (Å²) in [4.78, 5) is 24.6. The third-order valence-corrected chi connectivity index (χ3v) is 7.73. The Hall–Kier alpha value is -2.52. The van der Waals surface area contributed by atoms with Gasteiger partial charge in [-0.05, 0) is 31.4 Å². The average molecular weight is 480 g/mol. The van der Waals surface area contributed by atoms with E-state index in [-0.39, 0.29) is 28.6 Å². The molecule has 1 aliphatic carbocycles. The SMILES string of the molecule is N#CC1(NC(=O)C2CC(S(=O)(=O)c3ccc(OCC(F)(F)F)cc3Cl)CN2C=O)CC1. The quantitative estimate of drug-likeness (QED) is 0.596. The van der Waals surface area contributed by atoms with E-state index in [1.165, 1.54) is 0 Å². The number of ether oxygens (including phenoxy) is 1. The number of nitriles is 1. The second kappa shape index (κ2) is 8.20. The molecular formula is C18H17ClF3N3O5S. The first kappa shape index (κ1) is 23.1. The summed E-state index contributed by atoms with van der Waals surface area (Å²) in [7, 11) is -4.13. The first-order chi connectivity index (χ1) is 14.4. The van der Waals surface area contributed by atoms with E-state index in [1.807, 2.05) is 6.07 Å². The minimum absolute atomic E-state index is 0.211. The summed E-state index contributed by atoms with van der Waals surface area (Å²) in [5.74, 6) is -0.878. The van der Waals surface area contributed by atoms with Crippen molar-refractivity contribution in [2.45, 2.75) is 47.2 Å². The van der Waals surface area contributed by atoms with E-state index >= 15 is 0 Å². The minimum atomic E-state index is -4.57. The molecule has 3 rings (SSSR count). The second-order valence-corrected chi connectivity index (χ2v) is 10.0. The molecule has 2 amide bonds. The fraction of sp³-hybridized carbons (Fsp3) is 0.500. The van der Waals surface area contributed by atoms with Gasteiger partial charge in [-0.2, -0.15) is 18.4 Å². The topological polar surface area (TPSA) is 117 Å². The van der Waals surface area contributed by atoms with Gasteiger partial charge in [0.1, 0.15) is 17.3 Å². The number of likely N-dealkylation sites (tertiary alicyclic amines) is 1. The number of nitrogens with one attached hydrogen (secondary N) is 1. The monoisotopic (exact) mass is 479 g/mol. The Labute approximate surface area is 180 Å². The Morgan fingerprint density at radius 3 is 2.61 bits per heavy atom. The highest BCUT2D eigenvalue weighted by Gasteiger charge is 2.49. The first-order valence-corrected chi connectivity index (χ1v) is 11.0. The van der Waals surface area contributed by atoms with Crippen molar-refractivity contribution < 1.29 is 35.9 Å². The van der Waals surface area contributed by atoms with Crippen LogP contribution in [0.2, 0.25) is 5.02 Å². The molecule has 31 heavy (non-hydrogen) atoms. The van der Waals surface area contributed by atoms with Crippen molar-refractivity contribution in [3.05, 3.63) is 23.2 Å². The van der Waals surface area contributed by atoms with Gasteiger partial charge >= 0.3 is 6.18 Å². The molecule has 2 fully saturated rings. The van der Waals surface area contributed by atoms with Gasteiger partial charge in [0.2, 0.25) is 12.3 Å². The Morgan fingerprint density at radius 1 is 1.42 bits per heavy atom. The lowest BCUT2D eigenvalue weighted by Gasteiger charge is -2.20. The number of rotatable bonds is 7. The van der Waals surface area contributed by atoms with Gasteiger partial charge in [0.25, 0.3) is 0 Å². The van der Waals surface area contributed by atoms with Crippen LogP contribution in [0.3, 0.4) is 0 Å². The second-order valence-electron chi connectivity index (χ2n) is 7.40. The van der Waals surface area contributed by atoms with E-state index in [9.17, 15) is 31.2 Å². The van der Waals surface area contributed by atoms with Crippen molar-refractivity contribution in [3.8, 4) is 11.8 Å². The summed E-state index contributed by atoms with van der Waals surface area (Å²) in [6.45, 7) is -1.83. The number of benzene rings is 1. The zero-order valence-electron chi connectivity index (χ0n) is 15.9. The molecule has 1 heterocycles. The maximum atomic E-state index is 13.0. The van der Waals surface area contributed by atoms with E-state index in [0.29, 0.717) is 19.3 Å². The van der Waals surface area contributed by atoms with Gasteiger partial charge in [-0.3, -0.25) is 9.59 Å². The number of hydrogen-bond donors (Lipinski definition) is 1. The summed E-state index contributed by atoms with van der Waals surface area (Å²) >= 11 is 5.99. The molecule has 1 aromatic rings. The van der Waals surface area contributed by atoms with Crippen LogP contribution in [-0.2, 0) is 19.4 Å². The first-order valence-electron chi connectivity index (χ1n) is 9.08. The van der Waals surface area contributed by atoms with Gasteiger partial charge in [-0.25, -0.2) is 8.42 Å². The normalized spacial score (nSPS) is 22.5. The molecule has 168 valence electrons. The maximum Gasteiger partial charge on any atom is 0.422 e. The van der Waals surface area contributed by atoms with Crippen molar-refractivity contribution in [2.75, 3.05) is 13.2 Å². The Kier molecular flexibility index (Phi) is 6.12. The fourth-order valence-electron chi connectivity index (χ4n) is 3.28. The molecule has 0 bridgehead atoms. The number of carbonyl (C=O) groups is 2. The van der Waals surface area contributed by atoms with Crippen LogP contribution < -0.4 is 10.1 Å². The van der Waals surface area contributed by atoms with Crippen molar-refractivity contribution in [2.24, 2.45) is 0 Å². The van der Waals surface area contributed by atoms with Crippen LogP contribution in [0.25, 0.3) is 0 Å². The number of alkyl halides is 3. The standard InChI is InChI=1S/C18H17ClF3N3O5S/c19-13-5-11(30-9-18(20,21)22)1-2-15(13)31(28,29)12-6-14(25(7-12)10-26)16(27)24-17(8-23)3-4-17/h1-2,5,10,12,14H,3-4,6-7,9H2,(H,24,27). The molecule has 2 unspecified atom stereocenters. The van der Waals surface area contributed by atoms with Crippen LogP contribution in [0, 0.1) is 11.3 Å². The highest BCUT2D eigenvalue weighted by molar-refractivity contribution is 7.92. The number of amides is 2. The summed E-state index contributed by atoms with van der Waals surface area (Å²) in [6.07, 6.45) is -3.47. The van der Waals surface area contributed by atoms with Crippen LogP contribution in [-0.4, -0.2) is 61.8 Å². The van der Waals surface area contributed by atoms with Gasteiger partial charge in [-0.15, -0.1) is 0 Å². The van der Waals surface area contributed by atoms with E-state index < -0.39 is 45.4 Å². The largest absolute Gasteiger partial charge is 0.484 e. The molecule has 0 radical (unpaired) electrons. The number of carbonyl (C=O) groups excluding carboxylic acids is 2. The van der Waals surface area contributed by atoms with Gasteiger partial charge < -0.3 is 15.0 Å². The molecule has 1 saturated heterocycles. The Bertz CT molecular complexity index is 1040. The predicted molar refractivity (Wildman–Crippen MR) is 101 cm³/mol. The highest BCUT2D eigenvalue weighted by Crippen LogP contribution is 2.36. The van der Waals surface area contributed by atoms with Gasteiger partial charge in [0.05, 0.1) is 21.2 Å². The highest BCUT2D eigenvalue weighted by atomic mass is 35.5. The molecular weight excluding hydrogens is 463 g/mol. The van der Waals surface area contributed by atoms with Crippen LogP contribution in [0.4, 0.5) is 13.2 Å². The number of nitrogens with zero attached hydrogens (tertiary/aromatic N) is 2. The number of hydrogen-bond acceptors (Lipinski definition) is 6. The molecule has 1 aromatic carbocycles. The lowest BCUT2D eigenvalue weighted by molar-refractivity contribution is -0.153. The van der Waals surface area contributed by atoms with Gasteiger partial charge in [-0.1, -0.05) is 11.6 Å². The van der Waals surface area contributed by atoms with Crippen LogP contribution in [0.5, 0.6) is 5.75 Å². The Morgan fingerprint density at radius 2 is 2.10 bits per heavy atom. The fourth-order valence-corrected chi connectivity index (χ4v) is 5.52. The van der Waals surface area contributed by atoms with E-state index in [4.69, 9.17) is 16.9 Å². The van der Waals surface area contributed by atoms with Crippen LogP contribution >= 0.6 is 11.6 Å². The van der Waals surface area contributed by atoms with Crippen molar-refractivity contribution in [1.82, 2.24) is 10.2 Å². The maximum absolute atomic E-state index is 13.0. The summed E-state index contributed by atoms with van der Waals surface area (Å²) in [5, 5.41) is 10.2. The van der Waals surface area contributed by atoms with E-state index in [2.05, 4.69) is 10.1 Å². The lowest BCUT2D eigenvalue weighted by Crippen LogP contribution is -2.47. The predicted octanol–water partition coefficient (Wildman–Crippen LogP) is 1.83. The minimum Gasteiger partial charge on any atom is -0.484 e. The summed E-state index contributed by atoms with van der Waals surface area (Å²) in [6, 6.07) is 3.94.